The average molecular weight is 246 g/mol. The second-order valence-electron chi connectivity index (χ2n) is 4.29. The molecule has 0 saturated heterocycles. The van der Waals surface area contributed by atoms with Crippen molar-refractivity contribution in [1.29, 1.82) is 5.26 Å². The van der Waals surface area contributed by atoms with Crippen LogP contribution in [0.4, 0.5) is 0 Å². The van der Waals surface area contributed by atoms with Gasteiger partial charge in [0.25, 0.3) is 5.91 Å². The van der Waals surface area contributed by atoms with Crippen LogP contribution in [0.1, 0.15) is 18.4 Å². The molecule has 0 aromatic heterocycles. The molecule has 1 fully saturated rings. The molecule has 0 radical (unpaired) electrons. The summed E-state index contributed by atoms with van der Waals surface area (Å²) < 4.78 is 5.29. The fourth-order valence-electron chi connectivity index (χ4n) is 1.80. The van der Waals surface area contributed by atoms with E-state index >= 15 is 0 Å². The van der Waals surface area contributed by atoms with Crippen LogP contribution in [0.25, 0.3) is 0 Å². The summed E-state index contributed by atoms with van der Waals surface area (Å²) in [5.41, 5.74) is 0.407. The van der Waals surface area contributed by atoms with Gasteiger partial charge < -0.3 is 15.2 Å². The number of benzene rings is 1. The summed E-state index contributed by atoms with van der Waals surface area (Å²) in [7, 11) is 0. The van der Waals surface area contributed by atoms with Gasteiger partial charge in [0.2, 0.25) is 0 Å². The molecule has 0 atom stereocenters. The highest BCUT2D eigenvalue weighted by molar-refractivity contribution is 5.78. The van der Waals surface area contributed by atoms with Crippen molar-refractivity contribution in [2.24, 2.45) is 0 Å². The molecular weight excluding hydrogens is 232 g/mol. The standard InChI is InChI=1S/C13H14N2O3/c14-7-9-3-1-2-4-12(9)18-8-13(17)15-10-5-11(16)6-10/h1-4,10-11,16H,5-6,8H2,(H,15,17). The summed E-state index contributed by atoms with van der Waals surface area (Å²) in [6.07, 6.45) is 0.900. The number of aliphatic hydroxyl groups excluding tert-OH is 1. The molecule has 1 aliphatic rings. The third-order valence-electron chi connectivity index (χ3n) is 2.84. The quantitative estimate of drug-likeness (QED) is 0.814. The van der Waals surface area contributed by atoms with Gasteiger partial charge in [-0.1, -0.05) is 12.1 Å². The van der Waals surface area contributed by atoms with Crippen molar-refractivity contribution in [2.45, 2.75) is 25.0 Å². The van der Waals surface area contributed by atoms with E-state index in [4.69, 9.17) is 15.1 Å². The number of nitrogens with one attached hydrogen (secondary N) is 1. The van der Waals surface area contributed by atoms with Crippen LogP contribution in [0.5, 0.6) is 5.75 Å². The van der Waals surface area contributed by atoms with Gasteiger partial charge in [-0.25, -0.2) is 0 Å². The number of aliphatic hydroxyl groups is 1. The molecule has 0 aliphatic heterocycles. The van der Waals surface area contributed by atoms with Gasteiger partial charge in [-0.15, -0.1) is 0 Å². The Morgan fingerprint density at radius 2 is 2.22 bits per heavy atom. The van der Waals surface area contributed by atoms with E-state index in [1.54, 1.807) is 24.3 Å². The van der Waals surface area contributed by atoms with E-state index in [0.29, 0.717) is 24.2 Å². The van der Waals surface area contributed by atoms with E-state index in [2.05, 4.69) is 5.32 Å². The first-order chi connectivity index (χ1) is 8.69. The van der Waals surface area contributed by atoms with Crippen LogP contribution < -0.4 is 10.1 Å². The van der Waals surface area contributed by atoms with Crippen LogP contribution in [-0.4, -0.2) is 29.8 Å². The number of ether oxygens (including phenoxy) is 1. The lowest BCUT2D eigenvalue weighted by molar-refractivity contribution is -0.125. The Bertz CT molecular complexity index is 475. The van der Waals surface area contributed by atoms with Gasteiger partial charge in [0.1, 0.15) is 11.8 Å². The number of hydrogen-bond acceptors (Lipinski definition) is 4. The summed E-state index contributed by atoms with van der Waals surface area (Å²) in [5, 5.41) is 20.7. The van der Waals surface area contributed by atoms with Crippen LogP contribution in [0.15, 0.2) is 24.3 Å². The summed E-state index contributed by atoms with van der Waals surface area (Å²) in [6, 6.07) is 8.81. The number of carbonyl (C=O) groups excluding carboxylic acids is 1. The number of nitrogens with zero attached hydrogens (tertiary/aromatic N) is 1. The van der Waals surface area contributed by atoms with Crippen molar-refractivity contribution in [3.8, 4) is 11.8 Å². The Morgan fingerprint density at radius 1 is 1.50 bits per heavy atom. The molecule has 1 aliphatic carbocycles. The number of amides is 1. The fraction of sp³-hybridized carbons (Fsp3) is 0.385. The van der Waals surface area contributed by atoms with E-state index in [9.17, 15) is 4.79 Å². The van der Waals surface area contributed by atoms with Gasteiger partial charge >= 0.3 is 0 Å². The largest absolute Gasteiger partial charge is 0.482 e. The lowest BCUT2D eigenvalue weighted by Crippen LogP contribution is -2.48. The molecule has 18 heavy (non-hydrogen) atoms. The third kappa shape index (κ3) is 2.99. The molecular formula is C13H14N2O3. The normalized spacial score (nSPS) is 21.6. The minimum atomic E-state index is -0.296. The van der Waals surface area contributed by atoms with E-state index in [1.807, 2.05) is 6.07 Å². The van der Waals surface area contributed by atoms with E-state index < -0.39 is 0 Å². The zero-order valence-corrected chi connectivity index (χ0v) is 9.80. The first kappa shape index (κ1) is 12.4. The van der Waals surface area contributed by atoms with Gasteiger partial charge in [0, 0.05) is 6.04 Å². The van der Waals surface area contributed by atoms with E-state index in [-0.39, 0.29) is 24.7 Å². The van der Waals surface area contributed by atoms with Crippen LogP contribution in [0.3, 0.4) is 0 Å². The van der Waals surface area contributed by atoms with Crippen molar-refractivity contribution >= 4 is 5.91 Å². The molecule has 1 aromatic rings. The molecule has 1 saturated carbocycles. The second kappa shape index (κ2) is 5.52. The smallest absolute Gasteiger partial charge is 0.258 e. The predicted octanol–water partition coefficient (Wildman–Crippen LogP) is 0.577. The Balaban J connectivity index is 1.80. The molecule has 1 amide bonds. The summed E-state index contributed by atoms with van der Waals surface area (Å²) in [5.74, 6) is 0.170. The third-order valence-corrected chi connectivity index (χ3v) is 2.84. The zero-order valence-electron chi connectivity index (χ0n) is 9.80. The maximum atomic E-state index is 11.5. The Morgan fingerprint density at radius 3 is 2.89 bits per heavy atom. The number of nitriles is 1. The van der Waals surface area contributed by atoms with Gasteiger partial charge in [0.05, 0.1) is 11.7 Å². The van der Waals surface area contributed by atoms with Crippen LogP contribution in [0.2, 0.25) is 0 Å². The summed E-state index contributed by atoms with van der Waals surface area (Å²) in [6.45, 7) is -0.120. The summed E-state index contributed by atoms with van der Waals surface area (Å²) >= 11 is 0. The molecule has 0 unspecified atom stereocenters. The van der Waals surface area contributed by atoms with Crippen molar-refractivity contribution in [2.75, 3.05) is 6.61 Å². The fourth-order valence-corrected chi connectivity index (χ4v) is 1.80. The number of carbonyl (C=O) groups is 1. The van der Waals surface area contributed by atoms with E-state index in [0.717, 1.165) is 0 Å². The maximum absolute atomic E-state index is 11.5. The maximum Gasteiger partial charge on any atom is 0.258 e. The first-order valence-corrected chi connectivity index (χ1v) is 5.78. The highest BCUT2D eigenvalue weighted by atomic mass is 16.5. The lowest BCUT2D eigenvalue weighted by atomic mass is 9.89. The molecule has 2 N–H and O–H groups in total. The SMILES string of the molecule is N#Cc1ccccc1OCC(=O)NC1CC(O)C1. The highest BCUT2D eigenvalue weighted by Gasteiger charge is 2.28. The molecule has 94 valence electrons. The van der Waals surface area contributed by atoms with Gasteiger partial charge in [0.15, 0.2) is 6.61 Å². The van der Waals surface area contributed by atoms with Crippen LogP contribution in [-0.2, 0) is 4.79 Å². The molecule has 2 rings (SSSR count). The topological polar surface area (TPSA) is 82.3 Å². The minimum Gasteiger partial charge on any atom is -0.482 e. The molecule has 5 heteroatoms. The van der Waals surface area contributed by atoms with Crippen molar-refractivity contribution in [3.63, 3.8) is 0 Å². The molecule has 1 aromatic carbocycles. The van der Waals surface area contributed by atoms with Crippen molar-refractivity contribution in [3.05, 3.63) is 29.8 Å². The molecule has 0 bridgehead atoms. The van der Waals surface area contributed by atoms with E-state index in [1.165, 1.54) is 0 Å². The number of para-hydroxylation sites is 1. The van der Waals surface area contributed by atoms with Gasteiger partial charge in [-0.2, -0.15) is 5.26 Å². The van der Waals surface area contributed by atoms with Gasteiger partial charge in [-0.3, -0.25) is 4.79 Å². The summed E-state index contributed by atoms with van der Waals surface area (Å²) in [4.78, 5) is 11.5. The minimum absolute atomic E-state index is 0.0438. The van der Waals surface area contributed by atoms with Crippen LogP contribution in [0, 0.1) is 11.3 Å². The number of rotatable bonds is 4. The van der Waals surface area contributed by atoms with Gasteiger partial charge in [-0.05, 0) is 25.0 Å². The first-order valence-electron chi connectivity index (χ1n) is 5.78. The van der Waals surface area contributed by atoms with Crippen molar-refractivity contribution < 1.29 is 14.6 Å². The molecule has 0 heterocycles. The lowest BCUT2D eigenvalue weighted by Gasteiger charge is -2.31. The Hall–Kier alpha value is -2.06. The monoisotopic (exact) mass is 246 g/mol. The highest BCUT2D eigenvalue weighted by Crippen LogP contribution is 2.19. The zero-order chi connectivity index (χ0) is 13.0. The predicted molar refractivity (Wildman–Crippen MR) is 63.8 cm³/mol. The molecule has 0 spiro atoms. The average Bonchev–Trinajstić information content (AvgIpc) is 2.35. The Labute approximate surface area is 105 Å². The van der Waals surface area contributed by atoms with Crippen LogP contribution >= 0.6 is 0 Å². The Kier molecular flexibility index (Phi) is 3.80. The number of hydrogen-bond donors (Lipinski definition) is 2. The van der Waals surface area contributed by atoms with Crippen molar-refractivity contribution in [1.82, 2.24) is 5.32 Å². The second-order valence-corrected chi connectivity index (χ2v) is 4.29. The molecule has 5 nitrogen and oxygen atoms in total.